The van der Waals surface area contributed by atoms with Crippen molar-refractivity contribution in [3.63, 3.8) is 0 Å². The van der Waals surface area contributed by atoms with Crippen LogP contribution in [0.25, 0.3) is 0 Å². The summed E-state index contributed by atoms with van der Waals surface area (Å²) < 4.78 is 0. The molecule has 2 N–H and O–H groups in total. The van der Waals surface area contributed by atoms with Crippen molar-refractivity contribution in [2.75, 3.05) is 31.1 Å². The lowest BCUT2D eigenvalue weighted by atomic mass is 9.95. The standard InChI is InChI=1S/C15H26N4OS/c1-4-6-15(3,16)13(20)18-7-9-19(10-8-18)14-17-11-12(5-2)21-14/h11H,4-10,16H2,1-3H3. The third kappa shape index (κ3) is 3.74. The van der Waals surface area contributed by atoms with E-state index in [-0.39, 0.29) is 5.91 Å². The molecule has 5 nitrogen and oxygen atoms in total. The van der Waals surface area contributed by atoms with E-state index in [2.05, 4.69) is 23.7 Å². The highest BCUT2D eigenvalue weighted by molar-refractivity contribution is 7.15. The third-order valence-corrected chi connectivity index (χ3v) is 5.19. The van der Waals surface area contributed by atoms with Gasteiger partial charge in [0.15, 0.2) is 5.13 Å². The number of thiazole rings is 1. The summed E-state index contributed by atoms with van der Waals surface area (Å²) in [5.41, 5.74) is 5.42. The maximum Gasteiger partial charge on any atom is 0.242 e. The number of anilines is 1. The molecule has 6 heteroatoms. The Morgan fingerprint density at radius 3 is 2.57 bits per heavy atom. The number of amides is 1. The Morgan fingerprint density at radius 1 is 1.38 bits per heavy atom. The maximum absolute atomic E-state index is 12.5. The summed E-state index contributed by atoms with van der Waals surface area (Å²) in [6, 6.07) is 0. The second kappa shape index (κ2) is 6.75. The van der Waals surface area contributed by atoms with E-state index >= 15 is 0 Å². The first kappa shape index (κ1) is 16.2. The van der Waals surface area contributed by atoms with E-state index in [0.717, 1.165) is 50.6 Å². The van der Waals surface area contributed by atoms with E-state index in [9.17, 15) is 4.79 Å². The van der Waals surface area contributed by atoms with Gasteiger partial charge in [-0.1, -0.05) is 20.3 Å². The van der Waals surface area contributed by atoms with E-state index in [1.165, 1.54) is 4.88 Å². The van der Waals surface area contributed by atoms with Gasteiger partial charge in [-0.05, 0) is 19.8 Å². The number of aryl methyl sites for hydroxylation is 1. The predicted molar refractivity (Wildman–Crippen MR) is 87.8 cm³/mol. The first-order valence-electron chi connectivity index (χ1n) is 7.75. The molecule has 1 fully saturated rings. The number of nitrogens with zero attached hydrogens (tertiary/aromatic N) is 3. The molecule has 1 aliphatic rings. The summed E-state index contributed by atoms with van der Waals surface area (Å²) in [5, 5.41) is 1.07. The number of carbonyl (C=O) groups excluding carboxylic acids is 1. The molecule has 2 rings (SSSR count). The van der Waals surface area contributed by atoms with Crippen LogP contribution in [0.2, 0.25) is 0 Å². The molecule has 1 aromatic rings. The van der Waals surface area contributed by atoms with Gasteiger partial charge in [0.2, 0.25) is 5.91 Å². The van der Waals surface area contributed by atoms with Crippen molar-refractivity contribution in [1.82, 2.24) is 9.88 Å². The van der Waals surface area contributed by atoms with Crippen molar-refractivity contribution >= 4 is 22.4 Å². The molecular formula is C15H26N4OS. The number of hydrogen-bond acceptors (Lipinski definition) is 5. The fraction of sp³-hybridized carbons (Fsp3) is 0.733. The summed E-state index contributed by atoms with van der Waals surface area (Å²) in [6.45, 7) is 9.19. The summed E-state index contributed by atoms with van der Waals surface area (Å²) in [7, 11) is 0. The molecule has 1 unspecified atom stereocenters. The van der Waals surface area contributed by atoms with Crippen LogP contribution in [0.1, 0.15) is 38.5 Å². The fourth-order valence-electron chi connectivity index (χ4n) is 2.70. The quantitative estimate of drug-likeness (QED) is 0.902. The zero-order chi connectivity index (χ0) is 15.5. The van der Waals surface area contributed by atoms with E-state index in [1.54, 1.807) is 11.3 Å². The molecule has 118 valence electrons. The molecule has 1 amide bonds. The molecule has 0 aliphatic carbocycles. The summed E-state index contributed by atoms with van der Waals surface area (Å²) in [4.78, 5) is 22.4. The molecule has 1 atom stereocenters. The Kier molecular flexibility index (Phi) is 5.22. The zero-order valence-corrected chi connectivity index (χ0v) is 14.1. The largest absolute Gasteiger partial charge is 0.345 e. The summed E-state index contributed by atoms with van der Waals surface area (Å²) in [6.07, 6.45) is 4.64. The lowest BCUT2D eigenvalue weighted by Gasteiger charge is -2.38. The van der Waals surface area contributed by atoms with Crippen LogP contribution in [-0.2, 0) is 11.2 Å². The summed E-state index contributed by atoms with van der Waals surface area (Å²) >= 11 is 1.75. The maximum atomic E-state index is 12.5. The third-order valence-electron chi connectivity index (χ3n) is 3.99. The molecular weight excluding hydrogens is 284 g/mol. The van der Waals surface area contributed by atoms with Crippen molar-refractivity contribution in [2.45, 2.75) is 45.6 Å². The smallest absolute Gasteiger partial charge is 0.242 e. The Hall–Kier alpha value is -1.14. The van der Waals surface area contributed by atoms with E-state index in [1.807, 2.05) is 18.0 Å². The molecule has 0 radical (unpaired) electrons. The zero-order valence-electron chi connectivity index (χ0n) is 13.3. The molecule has 2 heterocycles. The average molecular weight is 310 g/mol. The number of hydrogen-bond donors (Lipinski definition) is 1. The van der Waals surface area contributed by atoms with Crippen LogP contribution >= 0.6 is 11.3 Å². The lowest BCUT2D eigenvalue weighted by molar-refractivity contribution is -0.137. The minimum atomic E-state index is -0.729. The fourth-order valence-corrected chi connectivity index (χ4v) is 3.60. The number of carbonyl (C=O) groups is 1. The van der Waals surface area contributed by atoms with Crippen LogP contribution in [0.5, 0.6) is 0 Å². The number of nitrogens with two attached hydrogens (primary N) is 1. The normalized spacial score (nSPS) is 18.7. The minimum absolute atomic E-state index is 0.0809. The molecule has 1 aromatic heterocycles. The highest BCUT2D eigenvalue weighted by Gasteiger charge is 2.33. The SMILES string of the molecule is CCCC(C)(N)C(=O)N1CCN(c2ncc(CC)s2)CC1. The van der Waals surface area contributed by atoms with Crippen molar-refractivity contribution in [3.8, 4) is 0 Å². The highest BCUT2D eigenvalue weighted by atomic mass is 32.1. The van der Waals surface area contributed by atoms with E-state index in [0.29, 0.717) is 0 Å². The molecule has 0 saturated carbocycles. The highest BCUT2D eigenvalue weighted by Crippen LogP contribution is 2.24. The van der Waals surface area contributed by atoms with Crippen molar-refractivity contribution in [3.05, 3.63) is 11.1 Å². The monoisotopic (exact) mass is 310 g/mol. The van der Waals surface area contributed by atoms with Gasteiger partial charge >= 0.3 is 0 Å². The van der Waals surface area contributed by atoms with Crippen molar-refractivity contribution in [1.29, 1.82) is 0 Å². The Bertz CT molecular complexity index is 478. The first-order chi connectivity index (χ1) is 9.97. The van der Waals surface area contributed by atoms with Gasteiger partial charge in [-0.15, -0.1) is 11.3 Å². The average Bonchev–Trinajstić information content (AvgIpc) is 2.95. The predicted octanol–water partition coefficient (Wildman–Crippen LogP) is 1.87. The van der Waals surface area contributed by atoms with E-state index < -0.39 is 5.54 Å². The van der Waals surface area contributed by atoms with Gasteiger partial charge in [-0.2, -0.15) is 0 Å². The Morgan fingerprint density at radius 2 is 2.05 bits per heavy atom. The van der Waals surface area contributed by atoms with Gasteiger partial charge in [0, 0.05) is 37.3 Å². The number of aromatic nitrogens is 1. The first-order valence-corrected chi connectivity index (χ1v) is 8.57. The van der Waals surface area contributed by atoms with Gasteiger partial charge in [0.1, 0.15) is 0 Å². The van der Waals surface area contributed by atoms with Crippen molar-refractivity contribution in [2.24, 2.45) is 5.73 Å². The van der Waals surface area contributed by atoms with Crippen LogP contribution in [-0.4, -0.2) is 47.5 Å². The van der Waals surface area contributed by atoms with Gasteiger partial charge in [-0.3, -0.25) is 4.79 Å². The minimum Gasteiger partial charge on any atom is -0.345 e. The Labute approximate surface area is 131 Å². The molecule has 1 saturated heterocycles. The second-order valence-electron chi connectivity index (χ2n) is 5.91. The van der Waals surface area contributed by atoms with Crippen molar-refractivity contribution < 1.29 is 4.79 Å². The Balaban J connectivity index is 1.92. The number of piperazine rings is 1. The molecule has 0 spiro atoms. The topological polar surface area (TPSA) is 62.5 Å². The molecule has 0 aromatic carbocycles. The van der Waals surface area contributed by atoms with Crippen LogP contribution in [0, 0.1) is 0 Å². The van der Waals surface area contributed by atoms with Crippen LogP contribution in [0.3, 0.4) is 0 Å². The molecule has 1 aliphatic heterocycles. The second-order valence-corrected chi connectivity index (χ2v) is 7.00. The van der Waals surface area contributed by atoms with Gasteiger partial charge < -0.3 is 15.5 Å². The van der Waals surface area contributed by atoms with Gasteiger partial charge in [0.25, 0.3) is 0 Å². The van der Waals surface area contributed by atoms with E-state index in [4.69, 9.17) is 5.73 Å². The van der Waals surface area contributed by atoms with Gasteiger partial charge in [0.05, 0.1) is 5.54 Å². The lowest BCUT2D eigenvalue weighted by Crippen LogP contribution is -2.58. The van der Waals surface area contributed by atoms with Gasteiger partial charge in [-0.25, -0.2) is 4.98 Å². The number of rotatable bonds is 5. The van der Waals surface area contributed by atoms with Crippen LogP contribution in [0.4, 0.5) is 5.13 Å². The summed E-state index contributed by atoms with van der Waals surface area (Å²) in [5.74, 6) is 0.0809. The van der Waals surface area contributed by atoms with Crippen LogP contribution in [0.15, 0.2) is 6.20 Å². The molecule has 21 heavy (non-hydrogen) atoms. The van der Waals surface area contributed by atoms with Crippen LogP contribution < -0.4 is 10.6 Å². The molecule has 0 bridgehead atoms.